The minimum absolute atomic E-state index is 0.293. The van der Waals surface area contributed by atoms with E-state index < -0.39 is 0 Å². The Morgan fingerprint density at radius 2 is 2.00 bits per heavy atom. The third-order valence-corrected chi connectivity index (χ3v) is 5.81. The summed E-state index contributed by atoms with van der Waals surface area (Å²) in [6.07, 6.45) is 3.37. The van der Waals surface area contributed by atoms with Crippen LogP contribution in [0.2, 0.25) is 0 Å². The van der Waals surface area contributed by atoms with E-state index in [1.54, 1.807) is 17.8 Å². The average molecular weight is 408 g/mol. The van der Waals surface area contributed by atoms with Crippen LogP contribution in [0, 0.1) is 0 Å². The zero-order valence-corrected chi connectivity index (χ0v) is 16.7. The summed E-state index contributed by atoms with van der Waals surface area (Å²) in [5.41, 5.74) is 5.70. The van der Waals surface area contributed by atoms with Crippen LogP contribution in [0.3, 0.4) is 0 Å². The molecular formula is C21H17N3O2S2. The van der Waals surface area contributed by atoms with E-state index in [9.17, 15) is 9.59 Å². The topological polar surface area (TPSA) is 64.0 Å². The summed E-state index contributed by atoms with van der Waals surface area (Å²) >= 11 is 3.10. The molecule has 1 amide bonds. The van der Waals surface area contributed by atoms with E-state index in [0.29, 0.717) is 15.8 Å². The maximum atomic E-state index is 13.0. The van der Waals surface area contributed by atoms with Crippen LogP contribution in [0.1, 0.15) is 15.9 Å². The molecule has 0 fully saturated rings. The monoisotopic (exact) mass is 407 g/mol. The Labute approximate surface area is 170 Å². The summed E-state index contributed by atoms with van der Waals surface area (Å²) in [4.78, 5) is 30.7. The van der Waals surface area contributed by atoms with Crippen molar-refractivity contribution < 1.29 is 4.79 Å². The molecule has 2 heterocycles. The van der Waals surface area contributed by atoms with Crippen molar-refractivity contribution in [2.75, 3.05) is 11.7 Å². The Hall–Kier alpha value is -2.90. The molecule has 0 unspecified atom stereocenters. The van der Waals surface area contributed by atoms with E-state index in [4.69, 9.17) is 0 Å². The van der Waals surface area contributed by atoms with Gasteiger partial charge in [-0.1, -0.05) is 42.5 Å². The van der Waals surface area contributed by atoms with Crippen molar-refractivity contribution in [3.63, 3.8) is 0 Å². The van der Waals surface area contributed by atoms with Gasteiger partial charge in [0.15, 0.2) is 0 Å². The first-order valence-electron chi connectivity index (χ1n) is 8.61. The Balaban J connectivity index is 1.70. The van der Waals surface area contributed by atoms with Gasteiger partial charge in [-0.05, 0) is 29.5 Å². The van der Waals surface area contributed by atoms with Crippen LogP contribution >= 0.6 is 23.1 Å². The molecule has 4 rings (SSSR count). The van der Waals surface area contributed by atoms with Gasteiger partial charge in [0.1, 0.15) is 11.2 Å². The van der Waals surface area contributed by atoms with Crippen LogP contribution in [-0.4, -0.2) is 21.8 Å². The van der Waals surface area contributed by atoms with Gasteiger partial charge in [0.05, 0.1) is 5.39 Å². The lowest BCUT2D eigenvalue weighted by Crippen LogP contribution is -2.33. The molecule has 140 valence electrons. The van der Waals surface area contributed by atoms with Gasteiger partial charge in [-0.3, -0.25) is 15.0 Å². The zero-order chi connectivity index (χ0) is 19.5. The number of rotatable bonds is 5. The van der Waals surface area contributed by atoms with E-state index in [2.05, 4.69) is 10.4 Å². The van der Waals surface area contributed by atoms with E-state index >= 15 is 0 Å². The molecule has 0 spiro atoms. The fourth-order valence-electron chi connectivity index (χ4n) is 2.99. The van der Waals surface area contributed by atoms with E-state index in [-0.39, 0.29) is 11.5 Å². The number of carbonyl (C=O) groups excluding carboxylic acids is 1. The fraction of sp³-hybridized carbons (Fsp3) is 0.0952. The first-order valence-corrected chi connectivity index (χ1v) is 10.9. The number of nitrogens with zero attached hydrogens (tertiary/aromatic N) is 2. The molecule has 28 heavy (non-hydrogen) atoms. The van der Waals surface area contributed by atoms with Crippen LogP contribution in [-0.2, 0) is 5.75 Å². The van der Waals surface area contributed by atoms with Gasteiger partial charge in [0.25, 0.3) is 11.5 Å². The Bertz CT molecular complexity index is 1200. The Morgan fingerprint density at radius 1 is 1.18 bits per heavy atom. The lowest BCUT2D eigenvalue weighted by molar-refractivity contribution is 0.101. The number of nitrogens with one attached hydrogen (secondary N) is 1. The average Bonchev–Trinajstić information content (AvgIpc) is 3.16. The van der Waals surface area contributed by atoms with Gasteiger partial charge in [0.2, 0.25) is 0 Å². The molecule has 0 aliphatic rings. The first-order chi connectivity index (χ1) is 13.7. The number of aromatic nitrogens is 2. The maximum absolute atomic E-state index is 13.0. The summed E-state index contributed by atoms with van der Waals surface area (Å²) in [5, 5.41) is 2.43. The van der Waals surface area contributed by atoms with Crippen molar-refractivity contribution in [3.8, 4) is 11.1 Å². The van der Waals surface area contributed by atoms with Crippen molar-refractivity contribution in [3.05, 3.63) is 87.8 Å². The highest BCUT2D eigenvalue weighted by atomic mass is 32.2. The predicted octanol–water partition coefficient (Wildman–Crippen LogP) is 4.37. The van der Waals surface area contributed by atoms with Gasteiger partial charge in [-0.2, -0.15) is 11.8 Å². The summed E-state index contributed by atoms with van der Waals surface area (Å²) in [6, 6.07) is 17.1. The molecule has 0 bridgehead atoms. The molecule has 0 radical (unpaired) electrons. The molecule has 2 aromatic heterocycles. The predicted molar refractivity (Wildman–Crippen MR) is 117 cm³/mol. The number of hydrogen-bond acceptors (Lipinski definition) is 5. The van der Waals surface area contributed by atoms with Crippen molar-refractivity contribution in [2.24, 2.45) is 0 Å². The van der Waals surface area contributed by atoms with Crippen molar-refractivity contribution in [1.82, 2.24) is 9.66 Å². The van der Waals surface area contributed by atoms with Crippen LogP contribution in [0.4, 0.5) is 0 Å². The highest BCUT2D eigenvalue weighted by Gasteiger charge is 2.15. The quantitative estimate of drug-likeness (QED) is 0.533. The highest BCUT2D eigenvalue weighted by Crippen LogP contribution is 2.30. The van der Waals surface area contributed by atoms with Crippen molar-refractivity contribution in [1.29, 1.82) is 0 Å². The van der Waals surface area contributed by atoms with Crippen molar-refractivity contribution >= 4 is 39.2 Å². The molecule has 5 nitrogen and oxygen atoms in total. The second kappa shape index (κ2) is 8.00. The number of amides is 1. The molecule has 0 saturated heterocycles. The van der Waals surface area contributed by atoms with E-state index in [1.807, 2.05) is 60.2 Å². The summed E-state index contributed by atoms with van der Waals surface area (Å²) in [6.45, 7) is 0. The van der Waals surface area contributed by atoms with Crippen LogP contribution < -0.4 is 11.0 Å². The summed E-state index contributed by atoms with van der Waals surface area (Å²) < 4.78 is 1.16. The molecule has 0 aliphatic carbocycles. The SMILES string of the molecule is CSCc1cccc(C(=O)Nn2cnc3scc(-c4ccccc4)c3c2=O)c1. The Kier molecular flexibility index (Phi) is 5.27. The van der Waals surface area contributed by atoms with Gasteiger partial charge >= 0.3 is 0 Å². The fourth-order valence-corrected chi connectivity index (χ4v) is 4.40. The third kappa shape index (κ3) is 3.58. The standard InChI is InChI=1S/C21H17N3O2S2/c1-27-11-14-6-5-9-16(10-14)19(25)23-24-13-22-20-18(21(24)26)17(12-28-20)15-7-3-2-4-8-15/h2-10,12-13H,11H2,1H3,(H,23,25). The zero-order valence-electron chi connectivity index (χ0n) is 15.1. The minimum Gasteiger partial charge on any atom is -0.267 e. The molecule has 0 aliphatic heterocycles. The van der Waals surface area contributed by atoms with Crippen LogP contribution in [0.25, 0.3) is 21.3 Å². The molecule has 1 N–H and O–H groups in total. The first kappa shape index (κ1) is 18.5. The molecule has 2 aromatic carbocycles. The van der Waals surface area contributed by atoms with E-state index in [0.717, 1.165) is 27.1 Å². The molecule has 0 atom stereocenters. The van der Waals surface area contributed by atoms with Gasteiger partial charge < -0.3 is 0 Å². The van der Waals surface area contributed by atoms with Gasteiger partial charge in [0, 0.05) is 22.3 Å². The lowest BCUT2D eigenvalue weighted by atomic mass is 10.1. The van der Waals surface area contributed by atoms with E-state index in [1.165, 1.54) is 17.7 Å². The largest absolute Gasteiger partial charge is 0.281 e. The second-order valence-electron chi connectivity index (χ2n) is 6.19. The van der Waals surface area contributed by atoms with Gasteiger partial charge in [-0.15, -0.1) is 11.3 Å². The number of hydrogen-bond donors (Lipinski definition) is 1. The number of carbonyl (C=O) groups is 1. The number of thioether (sulfide) groups is 1. The lowest BCUT2D eigenvalue weighted by Gasteiger charge is -2.09. The smallest absolute Gasteiger partial charge is 0.267 e. The molecule has 4 aromatic rings. The molecule has 0 saturated carbocycles. The molecular weight excluding hydrogens is 390 g/mol. The highest BCUT2D eigenvalue weighted by molar-refractivity contribution is 7.97. The summed E-state index contributed by atoms with van der Waals surface area (Å²) in [5.74, 6) is 0.479. The number of benzene rings is 2. The summed E-state index contributed by atoms with van der Waals surface area (Å²) in [7, 11) is 0. The maximum Gasteiger partial charge on any atom is 0.281 e. The Morgan fingerprint density at radius 3 is 2.79 bits per heavy atom. The molecule has 7 heteroatoms. The second-order valence-corrected chi connectivity index (χ2v) is 7.91. The van der Waals surface area contributed by atoms with Gasteiger partial charge in [-0.25, -0.2) is 9.66 Å². The number of thiophene rings is 1. The normalized spacial score (nSPS) is 10.9. The van der Waals surface area contributed by atoms with Crippen LogP contribution in [0.15, 0.2) is 71.1 Å². The number of fused-ring (bicyclic) bond motifs is 1. The minimum atomic E-state index is -0.345. The third-order valence-electron chi connectivity index (χ3n) is 4.30. The van der Waals surface area contributed by atoms with Crippen LogP contribution in [0.5, 0.6) is 0 Å². The van der Waals surface area contributed by atoms with Crippen molar-refractivity contribution in [2.45, 2.75) is 5.75 Å².